The molecule has 1 saturated carbocycles. The quantitative estimate of drug-likeness (QED) is 0.911. The van der Waals surface area contributed by atoms with Crippen molar-refractivity contribution >= 4 is 22.4 Å². The number of aromatic nitrogens is 1. The summed E-state index contributed by atoms with van der Waals surface area (Å²) in [6, 6.07) is 9.98. The van der Waals surface area contributed by atoms with Crippen molar-refractivity contribution in [3.63, 3.8) is 0 Å². The SMILES string of the molecule is NC[C@H]1CCC[C@H]1C(=O)Nc1nc(-c2ccccc2)cs1. The molecular formula is C16H19N3OS. The van der Waals surface area contributed by atoms with E-state index in [4.69, 9.17) is 5.73 Å². The van der Waals surface area contributed by atoms with Crippen LogP contribution in [0.2, 0.25) is 0 Å². The summed E-state index contributed by atoms with van der Waals surface area (Å²) >= 11 is 1.47. The molecule has 1 aliphatic carbocycles. The van der Waals surface area contributed by atoms with Crippen LogP contribution < -0.4 is 11.1 Å². The van der Waals surface area contributed by atoms with E-state index < -0.39 is 0 Å². The molecule has 0 saturated heterocycles. The van der Waals surface area contributed by atoms with Crippen LogP contribution in [0.15, 0.2) is 35.7 Å². The zero-order valence-electron chi connectivity index (χ0n) is 11.8. The Hall–Kier alpha value is -1.72. The van der Waals surface area contributed by atoms with Crippen LogP contribution in [0, 0.1) is 11.8 Å². The van der Waals surface area contributed by atoms with Crippen molar-refractivity contribution < 1.29 is 4.79 Å². The average Bonchev–Trinajstić information content (AvgIpc) is 3.16. The molecule has 4 nitrogen and oxygen atoms in total. The maximum absolute atomic E-state index is 12.3. The molecule has 0 unspecified atom stereocenters. The first-order valence-corrected chi connectivity index (χ1v) is 8.18. The molecule has 1 aromatic carbocycles. The number of hydrogen-bond acceptors (Lipinski definition) is 4. The van der Waals surface area contributed by atoms with Crippen molar-refractivity contribution in [2.75, 3.05) is 11.9 Å². The number of benzene rings is 1. The van der Waals surface area contributed by atoms with E-state index in [9.17, 15) is 4.79 Å². The summed E-state index contributed by atoms with van der Waals surface area (Å²) in [5.74, 6) is 0.426. The zero-order valence-corrected chi connectivity index (χ0v) is 12.6. The third-order valence-electron chi connectivity index (χ3n) is 4.10. The van der Waals surface area contributed by atoms with Crippen molar-refractivity contribution in [1.29, 1.82) is 0 Å². The van der Waals surface area contributed by atoms with Gasteiger partial charge in [0.2, 0.25) is 5.91 Å². The lowest BCUT2D eigenvalue weighted by Gasteiger charge is -2.16. The molecule has 0 bridgehead atoms. The van der Waals surface area contributed by atoms with E-state index >= 15 is 0 Å². The Bertz CT molecular complexity index is 611. The Morgan fingerprint density at radius 3 is 2.90 bits per heavy atom. The molecule has 0 radical (unpaired) electrons. The first-order valence-electron chi connectivity index (χ1n) is 7.30. The van der Waals surface area contributed by atoms with Gasteiger partial charge in [0, 0.05) is 16.9 Å². The first kappa shape index (κ1) is 14.2. The Morgan fingerprint density at radius 1 is 1.33 bits per heavy atom. The van der Waals surface area contributed by atoms with Gasteiger partial charge < -0.3 is 11.1 Å². The highest BCUT2D eigenvalue weighted by atomic mass is 32.1. The molecule has 2 atom stereocenters. The Labute approximate surface area is 128 Å². The number of carbonyl (C=O) groups excluding carboxylic acids is 1. The van der Waals surface area contributed by atoms with Crippen LogP contribution in [0.3, 0.4) is 0 Å². The van der Waals surface area contributed by atoms with Crippen molar-refractivity contribution in [1.82, 2.24) is 4.98 Å². The third-order valence-corrected chi connectivity index (χ3v) is 4.86. The molecule has 0 spiro atoms. The minimum absolute atomic E-state index is 0.0408. The number of nitrogens with two attached hydrogens (primary N) is 1. The molecule has 1 amide bonds. The predicted molar refractivity (Wildman–Crippen MR) is 86.1 cm³/mol. The second kappa shape index (κ2) is 6.37. The fourth-order valence-electron chi connectivity index (χ4n) is 2.93. The van der Waals surface area contributed by atoms with E-state index in [0.717, 1.165) is 30.5 Å². The molecule has 1 aliphatic rings. The van der Waals surface area contributed by atoms with Gasteiger partial charge in [-0.25, -0.2) is 4.98 Å². The number of nitrogens with zero attached hydrogens (tertiary/aromatic N) is 1. The van der Waals surface area contributed by atoms with Crippen LogP contribution in [0.4, 0.5) is 5.13 Å². The summed E-state index contributed by atoms with van der Waals surface area (Å²) in [6.07, 6.45) is 3.08. The summed E-state index contributed by atoms with van der Waals surface area (Å²) < 4.78 is 0. The summed E-state index contributed by atoms with van der Waals surface area (Å²) in [6.45, 7) is 0.589. The molecule has 110 valence electrons. The highest BCUT2D eigenvalue weighted by Gasteiger charge is 2.32. The third kappa shape index (κ3) is 3.14. The van der Waals surface area contributed by atoms with E-state index in [0.29, 0.717) is 17.6 Å². The van der Waals surface area contributed by atoms with Gasteiger partial charge in [-0.3, -0.25) is 4.79 Å². The lowest BCUT2D eigenvalue weighted by Crippen LogP contribution is -2.29. The highest BCUT2D eigenvalue weighted by Crippen LogP contribution is 2.32. The van der Waals surface area contributed by atoms with Crippen molar-refractivity contribution in [3.05, 3.63) is 35.7 Å². The van der Waals surface area contributed by atoms with E-state index in [1.807, 2.05) is 35.7 Å². The fraction of sp³-hybridized carbons (Fsp3) is 0.375. The predicted octanol–water partition coefficient (Wildman–Crippen LogP) is 3.12. The summed E-state index contributed by atoms with van der Waals surface area (Å²) in [4.78, 5) is 16.8. The van der Waals surface area contributed by atoms with Crippen LogP contribution in [-0.2, 0) is 4.79 Å². The monoisotopic (exact) mass is 301 g/mol. The molecule has 2 aromatic rings. The molecule has 3 rings (SSSR count). The number of carbonyl (C=O) groups is 1. The maximum Gasteiger partial charge on any atom is 0.229 e. The standard InChI is InChI=1S/C16H19N3OS/c17-9-12-7-4-8-13(12)15(20)19-16-18-14(10-21-16)11-5-2-1-3-6-11/h1-3,5-6,10,12-13H,4,7-9,17H2,(H,18,19,20)/t12-,13-/m1/s1. The Kier molecular flexibility index (Phi) is 4.31. The Balaban J connectivity index is 1.69. The van der Waals surface area contributed by atoms with Gasteiger partial charge in [-0.05, 0) is 25.3 Å². The van der Waals surface area contributed by atoms with Gasteiger partial charge >= 0.3 is 0 Å². The van der Waals surface area contributed by atoms with E-state index in [2.05, 4.69) is 10.3 Å². The zero-order chi connectivity index (χ0) is 14.7. The van der Waals surface area contributed by atoms with Crippen LogP contribution in [0.5, 0.6) is 0 Å². The second-order valence-electron chi connectivity index (χ2n) is 5.43. The van der Waals surface area contributed by atoms with Gasteiger partial charge in [-0.2, -0.15) is 0 Å². The molecular weight excluding hydrogens is 282 g/mol. The van der Waals surface area contributed by atoms with Gasteiger partial charge in [-0.1, -0.05) is 36.8 Å². The van der Waals surface area contributed by atoms with Gasteiger partial charge in [0.15, 0.2) is 5.13 Å². The first-order chi connectivity index (χ1) is 10.3. The number of hydrogen-bond donors (Lipinski definition) is 2. The molecule has 5 heteroatoms. The summed E-state index contributed by atoms with van der Waals surface area (Å²) in [5, 5.41) is 5.59. The number of amides is 1. The van der Waals surface area contributed by atoms with E-state index in [-0.39, 0.29) is 11.8 Å². The highest BCUT2D eigenvalue weighted by molar-refractivity contribution is 7.14. The van der Waals surface area contributed by atoms with Crippen molar-refractivity contribution in [3.8, 4) is 11.3 Å². The van der Waals surface area contributed by atoms with Crippen LogP contribution >= 0.6 is 11.3 Å². The van der Waals surface area contributed by atoms with Crippen molar-refractivity contribution in [2.45, 2.75) is 19.3 Å². The molecule has 21 heavy (non-hydrogen) atoms. The van der Waals surface area contributed by atoms with Crippen LogP contribution in [0.1, 0.15) is 19.3 Å². The van der Waals surface area contributed by atoms with Gasteiger partial charge in [0.1, 0.15) is 0 Å². The molecule has 0 aliphatic heterocycles. The number of rotatable bonds is 4. The second-order valence-corrected chi connectivity index (χ2v) is 6.28. The van der Waals surface area contributed by atoms with Crippen LogP contribution in [0.25, 0.3) is 11.3 Å². The normalized spacial score (nSPS) is 21.4. The molecule has 1 aromatic heterocycles. The topological polar surface area (TPSA) is 68.0 Å². The van der Waals surface area contributed by atoms with E-state index in [1.54, 1.807) is 0 Å². The lowest BCUT2D eigenvalue weighted by molar-refractivity contribution is -0.120. The minimum atomic E-state index is 0.0408. The number of anilines is 1. The fourth-order valence-corrected chi connectivity index (χ4v) is 3.66. The van der Waals surface area contributed by atoms with Gasteiger partial charge in [0.05, 0.1) is 5.69 Å². The van der Waals surface area contributed by atoms with E-state index in [1.165, 1.54) is 11.3 Å². The van der Waals surface area contributed by atoms with Gasteiger partial charge in [-0.15, -0.1) is 11.3 Å². The van der Waals surface area contributed by atoms with Crippen LogP contribution in [-0.4, -0.2) is 17.4 Å². The average molecular weight is 301 g/mol. The van der Waals surface area contributed by atoms with Gasteiger partial charge in [0.25, 0.3) is 0 Å². The Morgan fingerprint density at radius 2 is 2.14 bits per heavy atom. The molecule has 1 fully saturated rings. The smallest absolute Gasteiger partial charge is 0.229 e. The lowest BCUT2D eigenvalue weighted by atomic mass is 9.95. The molecule has 1 heterocycles. The summed E-state index contributed by atoms with van der Waals surface area (Å²) in [5.41, 5.74) is 7.71. The number of nitrogens with one attached hydrogen (secondary N) is 1. The maximum atomic E-state index is 12.3. The van der Waals surface area contributed by atoms with Crippen molar-refractivity contribution in [2.24, 2.45) is 17.6 Å². The largest absolute Gasteiger partial charge is 0.330 e. The number of thiazole rings is 1. The molecule has 3 N–H and O–H groups in total. The summed E-state index contributed by atoms with van der Waals surface area (Å²) in [7, 11) is 0. The minimum Gasteiger partial charge on any atom is -0.330 e.